The maximum absolute atomic E-state index is 13.7. The maximum atomic E-state index is 13.7. The Labute approximate surface area is 405 Å². The van der Waals surface area contributed by atoms with Gasteiger partial charge < -0.3 is 82.4 Å². The first-order valence-electron chi connectivity index (χ1n) is 21.3. The number of rotatable bonds is 20. The fourth-order valence-electron chi connectivity index (χ4n) is 7.04. The van der Waals surface area contributed by atoms with E-state index in [1.165, 1.54) is 94.2 Å². The Hall–Kier alpha value is -7.70. The standard InChI is InChI=1S/C48H52O23/c1-25(49)63-23-38-44(66-26(2)50)43(59)45(67-27(3)51)47(68-38)71-48(24-65-40(56)17-11-29-8-14-32(53)35(20-29)61-5)46(69-41(57)18-12-30-9-15-33(54)36(21-30)62-6)42(58)37(70-48)22-64-39(55)16-10-28-7-13-31(52)34(19-28)60-4/h7-21,37-38,42-47,52-54,58-59H,22-24H2,1-6H3/b16-10+,17-11+,18-12+/t37-,38-,42?,43+,44-,45-,46+,47-,48+/m1/s1. The molecule has 0 radical (unpaired) electrons. The van der Waals surface area contributed by atoms with Crippen molar-refractivity contribution in [2.75, 3.05) is 41.2 Å². The van der Waals surface area contributed by atoms with E-state index in [-0.39, 0.29) is 34.5 Å². The minimum absolute atomic E-state index is 0.0583. The number of methoxy groups -OCH3 is 3. The molecule has 23 heteroatoms. The van der Waals surface area contributed by atoms with E-state index in [0.29, 0.717) is 16.7 Å². The highest BCUT2D eigenvalue weighted by Crippen LogP contribution is 2.40. The summed E-state index contributed by atoms with van der Waals surface area (Å²) in [6.45, 7) is 0.383. The molecule has 382 valence electrons. The van der Waals surface area contributed by atoms with E-state index in [4.69, 9.17) is 56.8 Å². The molecule has 1 unspecified atom stereocenters. The van der Waals surface area contributed by atoms with Crippen molar-refractivity contribution in [2.24, 2.45) is 0 Å². The van der Waals surface area contributed by atoms with E-state index in [0.717, 1.165) is 39.0 Å². The quantitative estimate of drug-likeness (QED) is 0.0616. The van der Waals surface area contributed by atoms with Crippen LogP contribution < -0.4 is 14.2 Å². The molecule has 2 aliphatic heterocycles. The van der Waals surface area contributed by atoms with E-state index in [9.17, 15) is 54.3 Å². The molecule has 3 aromatic rings. The van der Waals surface area contributed by atoms with Crippen molar-refractivity contribution in [2.45, 2.75) is 75.6 Å². The monoisotopic (exact) mass is 996 g/mol. The molecule has 2 heterocycles. The molecule has 5 N–H and O–H groups in total. The van der Waals surface area contributed by atoms with Gasteiger partial charge in [0, 0.05) is 39.0 Å². The molecule has 9 atom stereocenters. The van der Waals surface area contributed by atoms with Crippen LogP contribution in [0.15, 0.2) is 72.8 Å². The number of hydrogen-bond donors (Lipinski definition) is 5. The predicted molar refractivity (Wildman–Crippen MR) is 240 cm³/mol. The lowest BCUT2D eigenvalue weighted by Gasteiger charge is -2.45. The van der Waals surface area contributed by atoms with Crippen LogP contribution in [0.4, 0.5) is 0 Å². The Kier molecular flexibility index (Phi) is 18.9. The minimum atomic E-state index is -2.77. The summed E-state index contributed by atoms with van der Waals surface area (Å²) in [6, 6.07) is 12.5. The van der Waals surface area contributed by atoms with Gasteiger partial charge in [0.05, 0.1) is 21.3 Å². The molecule has 0 aliphatic carbocycles. The molecule has 0 bridgehead atoms. The third kappa shape index (κ3) is 14.7. The van der Waals surface area contributed by atoms with Crippen LogP contribution in [-0.4, -0.2) is 157 Å². The third-order valence-corrected chi connectivity index (χ3v) is 10.4. The molecule has 0 saturated carbocycles. The molecular formula is C48H52O23. The smallest absolute Gasteiger partial charge is 0.331 e. The van der Waals surface area contributed by atoms with Gasteiger partial charge in [0.25, 0.3) is 0 Å². The first-order valence-corrected chi connectivity index (χ1v) is 21.3. The van der Waals surface area contributed by atoms with Gasteiger partial charge in [-0.1, -0.05) is 18.2 Å². The summed E-state index contributed by atoms with van der Waals surface area (Å²) in [5, 5.41) is 53.6. The zero-order valence-corrected chi connectivity index (χ0v) is 39.0. The van der Waals surface area contributed by atoms with Crippen LogP contribution in [-0.2, 0) is 71.4 Å². The Morgan fingerprint density at radius 3 is 1.48 bits per heavy atom. The molecular weight excluding hydrogens is 945 g/mol. The molecule has 0 spiro atoms. The number of esters is 6. The number of benzene rings is 3. The topological polar surface area (TPSA) is 314 Å². The lowest BCUT2D eigenvalue weighted by molar-refractivity contribution is -0.384. The van der Waals surface area contributed by atoms with Crippen LogP contribution >= 0.6 is 0 Å². The largest absolute Gasteiger partial charge is 0.504 e. The fourth-order valence-corrected chi connectivity index (χ4v) is 7.04. The van der Waals surface area contributed by atoms with E-state index in [2.05, 4.69) is 0 Å². The number of aliphatic hydroxyl groups excluding tert-OH is 2. The number of carbonyl (C=O) groups excluding carboxylic acids is 6. The van der Waals surface area contributed by atoms with Crippen molar-refractivity contribution in [1.29, 1.82) is 0 Å². The Balaban J connectivity index is 1.56. The molecule has 3 aromatic carbocycles. The van der Waals surface area contributed by atoms with Crippen LogP contribution in [0.3, 0.4) is 0 Å². The molecule has 2 aliphatic rings. The second kappa shape index (κ2) is 24.7. The van der Waals surface area contributed by atoms with Crippen molar-refractivity contribution < 1.29 is 111 Å². The Morgan fingerprint density at radius 1 is 0.563 bits per heavy atom. The first kappa shape index (κ1) is 54.2. The van der Waals surface area contributed by atoms with Crippen LogP contribution in [0.25, 0.3) is 18.2 Å². The number of phenolic OH excluding ortho intramolecular Hbond substituents is 3. The summed E-state index contributed by atoms with van der Waals surface area (Å²) in [5.74, 6) is -9.16. The number of hydrogen-bond acceptors (Lipinski definition) is 23. The van der Waals surface area contributed by atoms with E-state index in [1.54, 1.807) is 0 Å². The zero-order chi connectivity index (χ0) is 52.0. The van der Waals surface area contributed by atoms with Gasteiger partial charge in [0.2, 0.25) is 12.1 Å². The highest BCUT2D eigenvalue weighted by Gasteiger charge is 2.63. The Morgan fingerprint density at radius 2 is 1.01 bits per heavy atom. The number of carbonyl (C=O) groups is 6. The molecule has 5 rings (SSSR count). The SMILES string of the molecule is COc1cc(/C=C/C(=O)OC[C@H]2O[C@@](COC(=O)/C=C/c3ccc(O)c(OC)c3)(O[C@H]3O[C@H](COC(C)=O)[C@@H](OC(C)=O)[C@H](O)[C@H]3OC(C)=O)[C@@H](OC(=O)/C=C/c3ccc(O)c(OC)c3)C2O)ccc1O. The number of aromatic hydroxyl groups is 3. The van der Waals surface area contributed by atoms with Crippen LogP contribution in [0, 0.1) is 0 Å². The van der Waals surface area contributed by atoms with E-state index in [1.807, 2.05) is 0 Å². The highest BCUT2D eigenvalue weighted by atomic mass is 16.8. The predicted octanol–water partition coefficient (Wildman–Crippen LogP) is 2.25. The van der Waals surface area contributed by atoms with Gasteiger partial charge in [-0.25, -0.2) is 14.4 Å². The summed E-state index contributed by atoms with van der Waals surface area (Å²) < 4.78 is 66.5. The number of ether oxygens (including phenoxy) is 12. The van der Waals surface area contributed by atoms with Gasteiger partial charge in [0.1, 0.15) is 44.2 Å². The molecule has 0 amide bonds. The van der Waals surface area contributed by atoms with Crippen LogP contribution in [0.1, 0.15) is 37.5 Å². The first-order chi connectivity index (χ1) is 33.8. The molecule has 2 fully saturated rings. The maximum Gasteiger partial charge on any atom is 0.331 e. The van der Waals surface area contributed by atoms with Gasteiger partial charge in [0.15, 0.2) is 52.8 Å². The average molecular weight is 997 g/mol. The summed E-state index contributed by atoms with van der Waals surface area (Å²) >= 11 is 0. The number of phenols is 3. The Bertz CT molecular complexity index is 2500. The molecule has 71 heavy (non-hydrogen) atoms. The summed E-state index contributed by atoms with van der Waals surface area (Å²) in [7, 11) is 3.94. The lowest BCUT2D eigenvalue weighted by Crippen LogP contribution is -2.65. The van der Waals surface area contributed by atoms with Crippen LogP contribution in [0.5, 0.6) is 34.5 Å². The van der Waals surface area contributed by atoms with Gasteiger partial charge in [-0.05, 0) is 71.3 Å². The molecule has 2 saturated heterocycles. The summed E-state index contributed by atoms with van der Waals surface area (Å²) in [4.78, 5) is 77.0. The summed E-state index contributed by atoms with van der Waals surface area (Å²) in [6.07, 6.45) is -8.48. The third-order valence-electron chi connectivity index (χ3n) is 10.4. The highest BCUT2D eigenvalue weighted by molar-refractivity contribution is 5.88. The average Bonchev–Trinajstić information content (AvgIpc) is 3.58. The van der Waals surface area contributed by atoms with Crippen molar-refractivity contribution >= 4 is 54.0 Å². The normalized spacial score (nSPS) is 24.0. The summed E-state index contributed by atoms with van der Waals surface area (Å²) in [5.41, 5.74) is 1.09. The van der Waals surface area contributed by atoms with Crippen molar-refractivity contribution in [1.82, 2.24) is 0 Å². The second-order valence-electron chi connectivity index (χ2n) is 15.4. The zero-order valence-electron chi connectivity index (χ0n) is 39.0. The fraction of sp³-hybridized carbons (Fsp3) is 0.375. The van der Waals surface area contributed by atoms with Gasteiger partial charge in [-0.2, -0.15) is 0 Å². The van der Waals surface area contributed by atoms with Crippen molar-refractivity contribution in [3.05, 3.63) is 89.5 Å². The van der Waals surface area contributed by atoms with Crippen molar-refractivity contribution in [3.8, 4) is 34.5 Å². The van der Waals surface area contributed by atoms with E-state index >= 15 is 0 Å². The van der Waals surface area contributed by atoms with Gasteiger partial charge in [-0.15, -0.1) is 0 Å². The van der Waals surface area contributed by atoms with E-state index < -0.39 is 110 Å². The number of aliphatic hydroxyl groups is 2. The second-order valence-corrected chi connectivity index (χ2v) is 15.4. The molecule has 23 nitrogen and oxygen atoms in total. The minimum Gasteiger partial charge on any atom is -0.504 e. The van der Waals surface area contributed by atoms with Gasteiger partial charge in [-0.3, -0.25) is 14.4 Å². The van der Waals surface area contributed by atoms with Crippen molar-refractivity contribution in [3.63, 3.8) is 0 Å². The molecule has 0 aromatic heterocycles. The van der Waals surface area contributed by atoms with Gasteiger partial charge >= 0.3 is 35.8 Å². The lowest BCUT2D eigenvalue weighted by atomic mass is 9.98. The van der Waals surface area contributed by atoms with Crippen LogP contribution in [0.2, 0.25) is 0 Å².